The Labute approximate surface area is 133 Å². The van der Waals surface area contributed by atoms with E-state index in [9.17, 15) is 20.0 Å². The molecule has 0 heterocycles. The summed E-state index contributed by atoms with van der Waals surface area (Å²) in [5.41, 5.74) is -0.0861. The maximum Gasteiger partial charge on any atom is 0.303 e. The molecule has 0 aliphatic rings. The fourth-order valence-electron chi connectivity index (χ4n) is 2.37. The molecule has 2 N–H and O–H groups in total. The van der Waals surface area contributed by atoms with Gasteiger partial charge in [0, 0.05) is 12.5 Å². The minimum Gasteiger partial charge on any atom is -0.481 e. The fourth-order valence-corrected chi connectivity index (χ4v) is 2.37. The van der Waals surface area contributed by atoms with Crippen molar-refractivity contribution in [3.63, 3.8) is 0 Å². The molecule has 0 aliphatic carbocycles. The van der Waals surface area contributed by atoms with E-state index >= 15 is 0 Å². The maximum atomic E-state index is 11.4. The maximum absolute atomic E-state index is 11.4. The molecule has 2 aromatic carbocycles. The molecule has 2 rings (SSSR count). The molecule has 0 aliphatic heterocycles. The van der Waals surface area contributed by atoms with Crippen molar-refractivity contribution >= 4 is 11.7 Å². The highest BCUT2D eigenvalue weighted by Gasteiger charge is 2.27. The summed E-state index contributed by atoms with van der Waals surface area (Å²) in [6.07, 6.45) is -0.245. The number of nitrogens with zero attached hydrogens (tertiary/aromatic N) is 1. The van der Waals surface area contributed by atoms with Crippen LogP contribution in [0.5, 0.6) is 0 Å². The number of nitro groups is 1. The number of carbonyl (C=O) groups is 1. The van der Waals surface area contributed by atoms with Crippen LogP contribution in [0.3, 0.4) is 0 Å². The number of hydrogen-bond acceptors (Lipinski definition) is 4. The van der Waals surface area contributed by atoms with E-state index in [1.54, 1.807) is 36.4 Å². The molecule has 0 saturated heterocycles. The summed E-state index contributed by atoms with van der Waals surface area (Å²) in [4.78, 5) is 21.5. The SMILES string of the molecule is CC(O)(CCC(=O)O)c1ccc(-c2ccccc2)c([N+](=O)[O-])c1. The minimum absolute atomic E-state index is 0.0236. The van der Waals surface area contributed by atoms with E-state index < -0.39 is 16.5 Å². The number of carboxylic acid groups (broad SMARTS) is 1. The molecule has 1 unspecified atom stereocenters. The smallest absolute Gasteiger partial charge is 0.303 e. The molecule has 6 heteroatoms. The van der Waals surface area contributed by atoms with Crippen LogP contribution in [0.2, 0.25) is 0 Å². The van der Waals surface area contributed by atoms with E-state index in [1.807, 2.05) is 6.07 Å². The van der Waals surface area contributed by atoms with Crippen molar-refractivity contribution in [3.8, 4) is 11.1 Å². The monoisotopic (exact) mass is 315 g/mol. The lowest BCUT2D eigenvalue weighted by Gasteiger charge is -2.23. The Morgan fingerprint density at radius 1 is 1.22 bits per heavy atom. The van der Waals surface area contributed by atoms with E-state index in [1.165, 1.54) is 13.0 Å². The first-order valence-electron chi connectivity index (χ1n) is 7.10. The standard InChI is InChI=1S/C17H17NO5/c1-17(21,10-9-16(19)20)13-7-8-14(15(11-13)18(22)23)12-5-3-2-4-6-12/h2-8,11,21H,9-10H2,1H3,(H,19,20). The summed E-state index contributed by atoms with van der Waals surface area (Å²) in [6, 6.07) is 13.4. The highest BCUT2D eigenvalue weighted by molar-refractivity contribution is 5.74. The van der Waals surface area contributed by atoms with Crippen LogP contribution in [0.25, 0.3) is 11.1 Å². The largest absolute Gasteiger partial charge is 0.481 e. The molecular formula is C17H17NO5. The van der Waals surface area contributed by atoms with Gasteiger partial charge in [-0.1, -0.05) is 36.4 Å². The Kier molecular flexibility index (Phi) is 4.76. The first-order chi connectivity index (χ1) is 10.8. The number of hydrogen-bond donors (Lipinski definition) is 2. The van der Waals surface area contributed by atoms with Crippen molar-refractivity contribution in [2.75, 3.05) is 0 Å². The number of benzene rings is 2. The fraction of sp³-hybridized carbons (Fsp3) is 0.235. The van der Waals surface area contributed by atoms with Gasteiger partial charge in [-0.05, 0) is 30.5 Å². The van der Waals surface area contributed by atoms with E-state index in [-0.39, 0.29) is 18.5 Å². The van der Waals surface area contributed by atoms with Gasteiger partial charge >= 0.3 is 5.97 Å². The second kappa shape index (κ2) is 6.58. The van der Waals surface area contributed by atoms with E-state index in [0.29, 0.717) is 16.7 Å². The van der Waals surface area contributed by atoms with Gasteiger partial charge in [0.25, 0.3) is 5.69 Å². The Morgan fingerprint density at radius 2 is 1.87 bits per heavy atom. The summed E-state index contributed by atoms with van der Waals surface area (Å²) in [5.74, 6) is -1.03. The molecule has 1 atom stereocenters. The van der Waals surface area contributed by atoms with Crippen LogP contribution in [0.1, 0.15) is 25.3 Å². The molecule has 0 spiro atoms. The zero-order valence-electron chi connectivity index (χ0n) is 12.6. The van der Waals surface area contributed by atoms with Gasteiger partial charge < -0.3 is 10.2 Å². The molecule has 120 valence electrons. The third-order valence-electron chi connectivity index (χ3n) is 3.73. The molecule has 0 saturated carbocycles. The van der Waals surface area contributed by atoms with Gasteiger partial charge in [0.1, 0.15) is 0 Å². The van der Waals surface area contributed by atoms with Crippen LogP contribution in [0.15, 0.2) is 48.5 Å². The topological polar surface area (TPSA) is 101 Å². The lowest BCUT2D eigenvalue weighted by molar-refractivity contribution is -0.384. The summed E-state index contributed by atoms with van der Waals surface area (Å²) < 4.78 is 0. The molecule has 0 fully saturated rings. The van der Waals surface area contributed by atoms with Crippen LogP contribution in [0, 0.1) is 10.1 Å². The van der Waals surface area contributed by atoms with Gasteiger partial charge in [-0.15, -0.1) is 0 Å². The highest BCUT2D eigenvalue weighted by Crippen LogP contribution is 2.35. The van der Waals surface area contributed by atoms with Crippen molar-refractivity contribution in [1.82, 2.24) is 0 Å². The second-order valence-corrected chi connectivity index (χ2v) is 5.52. The van der Waals surface area contributed by atoms with E-state index in [2.05, 4.69) is 0 Å². The number of rotatable bonds is 6. The lowest BCUT2D eigenvalue weighted by Crippen LogP contribution is -2.22. The predicted octanol–water partition coefficient (Wildman–Crippen LogP) is 3.33. The third kappa shape index (κ3) is 3.92. The predicted molar refractivity (Wildman–Crippen MR) is 85.0 cm³/mol. The average molecular weight is 315 g/mol. The van der Waals surface area contributed by atoms with Crippen molar-refractivity contribution in [2.24, 2.45) is 0 Å². The quantitative estimate of drug-likeness (QED) is 0.629. The molecule has 0 radical (unpaired) electrons. The normalized spacial score (nSPS) is 13.3. The van der Waals surface area contributed by atoms with E-state index in [0.717, 1.165) is 0 Å². The molecule has 2 aromatic rings. The van der Waals surface area contributed by atoms with Crippen molar-refractivity contribution < 1.29 is 19.9 Å². The Hall–Kier alpha value is -2.73. The Balaban J connectivity index is 2.44. The summed E-state index contributed by atoms with van der Waals surface area (Å²) in [7, 11) is 0. The molecule has 0 bridgehead atoms. The number of aliphatic hydroxyl groups is 1. The summed E-state index contributed by atoms with van der Waals surface area (Å²) in [5, 5.41) is 30.5. The third-order valence-corrected chi connectivity index (χ3v) is 3.73. The van der Waals surface area contributed by atoms with Crippen molar-refractivity contribution in [2.45, 2.75) is 25.4 Å². The summed E-state index contributed by atoms with van der Waals surface area (Å²) in [6.45, 7) is 1.46. The minimum atomic E-state index is -1.45. The van der Waals surface area contributed by atoms with E-state index in [4.69, 9.17) is 5.11 Å². The first-order valence-corrected chi connectivity index (χ1v) is 7.10. The lowest BCUT2D eigenvalue weighted by atomic mass is 9.89. The second-order valence-electron chi connectivity index (χ2n) is 5.52. The first kappa shape index (κ1) is 16.6. The molecule has 23 heavy (non-hydrogen) atoms. The Morgan fingerprint density at radius 3 is 2.43 bits per heavy atom. The number of aliphatic carboxylic acids is 1. The molecule has 0 amide bonds. The van der Waals surface area contributed by atoms with Gasteiger partial charge in [0.15, 0.2) is 0 Å². The van der Waals surface area contributed by atoms with Crippen molar-refractivity contribution in [3.05, 3.63) is 64.2 Å². The number of carboxylic acids is 1. The summed E-state index contributed by atoms with van der Waals surface area (Å²) >= 11 is 0. The van der Waals surface area contributed by atoms with Crippen LogP contribution < -0.4 is 0 Å². The average Bonchev–Trinajstić information content (AvgIpc) is 2.53. The van der Waals surface area contributed by atoms with Gasteiger partial charge in [-0.25, -0.2) is 0 Å². The zero-order valence-corrected chi connectivity index (χ0v) is 12.6. The van der Waals surface area contributed by atoms with Gasteiger partial charge in [-0.2, -0.15) is 0 Å². The Bertz CT molecular complexity index is 725. The molecule has 0 aromatic heterocycles. The highest BCUT2D eigenvalue weighted by atomic mass is 16.6. The van der Waals surface area contributed by atoms with Crippen LogP contribution >= 0.6 is 0 Å². The van der Waals surface area contributed by atoms with Crippen LogP contribution in [0.4, 0.5) is 5.69 Å². The zero-order chi connectivity index (χ0) is 17.0. The van der Waals surface area contributed by atoms with Gasteiger partial charge in [0.2, 0.25) is 0 Å². The van der Waals surface area contributed by atoms with Gasteiger partial charge in [-0.3, -0.25) is 14.9 Å². The van der Waals surface area contributed by atoms with Crippen LogP contribution in [-0.4, -0.2) is 21.1 Å². The van der Waals surface area contributed by atoms with Crippen LogP contribution in [-0.2, 0) is 10.4 Å². The number of nitro benzene ring substituents is 1. The van der Waals surface area contributed by atoms with Gasteiger partial charge in [0.05, 0.1) is 16.1 Å². The molecule has 6 nitrogen and oxygen atoms in total. The van der Waals surface area contributed by atoms with Crippen molar-refractivity contribution in [1.29, 1.82) is 0 Å². The molecular weight excluding hydrogens is 298 g/mol.